The average Bonchev–Trinajstić information content (AvgIpc) is 3.28. The fourth-order valence-corrected chi connectivity index (χ4v) is 8.10. The van der Waals surface area contributed by atoms with Crippen LogP contribution < -0.4 is 20.8 Å². The van der Waals surface area contributed by atoms with E-state index in [0.29, 0.717) is 22.7 Å². The first-order valence-electron chi connectivity index (χ1n) is 14.7. The summed E-state index contributed by atoms with van der Waals surface area (Å²) >= 11 is 0. The molecule has 45 heavy (non-hydrogen) atoms. The van der Waals surface area contributed by atoms with Gasteiger partial charge in [0, 0.05) is 17.9 Å². The molecule has 0 spiro atoms. The maximum Gasteiger partial charge on any atom is 0.408 e. The molecule has 5 rings (SSSR count). The Hall–Kier alpha value is -4.52. The molecule has 1 unspecified atom stereocenters. The van der Waals surface area contributed by atoms with Crippen molar-refractivity contribution in [2.75, 3.05) is 6.54 Å². The number of nitrogens with zero attached hydrogens (tertiary/aromatic N) is 2. The maximum absolute atomic E-state index is 14.0. The first-order valence-corrected chi connectivity index (χ1v) is 18.2. The van der Waals surface area contributed by atoms with Crippen molar-refractivity contribution in [3.05, 3.63) is 51.3 Å². The molecule has 2 aliphatic rings. The summed E-state index contributed by atoms with van der Waals surface area (Å²) in [5, 5.41) is 4.27. The lowest BCUT2D eigenvalue weighted by molar-refractivity contribution is -0.188. The summed E-state index contributed by atoms with van der Waals surface area (Å²) < 4.78 is 23.3. The van der Waals surface area contributed by atoms with Crippen molar-refractivity contribution in [1.29, 1.82) is 0 Å². The number of alkyl carbamates (subject to hydrolysis) is 1. The van der Waals surface area contributed by atoms with Gasteiger partial charge in [0.05, 0.1) is 37.1 Å². The molecule has 2 aliphatic heterocycles. The van der Waals surface area contributed by atoms with Crippen LogP contribution in [0.4, 0.5) is 4.79 Å². The third-order valence-corrected chi connectivity index (χ3v) is 9.77. The van der Waals surface area contributed by atoms with Crippen molar-refractivity contribution in [2.45, 2.75) is 85.0 Å². The predicted molar refractivity (Wildman–Crippen MR) is 167 cm³/mol. The molecule has 1 N–H and O–H groups in total. The van der Waals surface area contributed by atoms with Crippen molar-refractivity contribution in [1.82, 2.24) is 14.9 Å². The highest BCUT2D eigenvalue weighted by molar-refractivity contribution is 6.90. The normalized spacial score (nSPS) is 17.1. The number of benzene rings is 1. The van der Waals surface area contributed by atoms with Crippen molar-refractivity contribution in [3.8, 4) is 17.1 Å². The van der Waals surface area contributed by atoms with Crippen molar-refractivity contribution in [3.63, 3.8) is 0 Å². The largest absolute Gasteiger partial charge is 0.457 e. The summed E-state index contributed by atoms with van der Waals surface area (Å²) in [4.78, 5) is 69.1. The Morgan fingerprint density at radius 3 is 2.44 bits per heavy atom. The summed E-state index contributed by atoms with van der Waals surface area (Å²) in [7, 11) is -2.10. The number of carbonyl (C=O) groups is 4. The molecule has 0 fully saturated rings. The molecule has 0 saturated carbocycles. The van der Waals surface area contributed by atoms with Gasteiger partial charge in [0.15, 0.2) is 0 Å². The molecule has 0 saturated heterocycles. The topological polar surface area (TPSA) is 152 Å². The number of esters is 3. The Morgan fingerprint density at radius 2 is 1.82 bits per heavy atom. The number of aromatic nitrogens is 2. The summed E-state index contributed by atoms with van der Waals surface area (Å²) in [6, 6.07) is 6.97. The molecule has 0 bridgehead atoms. The molecule has 1 amide bonds. The highest BCUT2D eigenvalue weighted by atomic mass is 28.3. The van der Waals surface area contributed by atoms with Crippen LogP contribution in [-0.4, -0.2) is 53.8 Å². The molecular formula is C32H37N3O9Si. The minimum atomic E-state index is -2.10. The number of pyridine rings is 2. The van der Waals surface area contributed by atoms with Crippen molar-refractivity contribution in [2.24, 2.45) is 0 Å². The van der Waals surface area contributed by atoms with E-state index in [0.717, 1.165) is 16.1 Å². The van der Waals surface area contributed by atoms with Gasteiger partial charge < -0.3 is 28.8 Å². The van der Waals surface area contributed by atoms with E-state index in [1.165, 1.54) is 6.92 Å². The number of hydrogen-bond acceptors (Lipinski definition) is 10. The fourth-order valence-electron chi connectivity index (χ4n) is 5.99. The van der Waals surface area contributed by atoms with Gasteiger partial charge in [-0.05, 0) is 62.2 Å². The SMILES string of the molecule is CCC1(OC(=O)CNC(=O)OC(C)(C)C)C(=O)OCc2c1cc1n(c2=O)Cc2c-1nc1ccc(OC(C)=O)cc1c2[Si](C)(C)C. The quantitative estimate of drug-likeness (QED) is 0.144. The molecule has 238 valence electrons. The highest BCUT2D eigenvalue weighted by Gasteiger charge is 2.50. The van der Waals surface area contributed by atoms with Crippen LogP contribution in [0.25, 0.3) is 22.3 Å². The van der Waals surface area contributed by atoms with E-state index in [9.17, 15) is 24.0 Å². The second-order valence-corrected chi connectivity index (χ2v) is 18.2. The van der Waals surface area contributed by atoms with Gasteiger partial charge in [0.2, 0.25) is 5.60 Å². The summed E-state index contributed by atoms with van der Waals surface area (Å²) in [5.41, 5.74) is 0.0276. The van der Waals surface area contributed by atoms with E-state index in [2.05, 4.69) is 25.0 Å². The number of carbonyl (C=O) groups excluding carboxylic acids is 4. The van der Waals surface area contributed by atoms with Crippen molar-refractivity contribution >= 4 is 48.2 Å². The Labute approximate surface area is 261 Å². The highest BCUT2D eigenvalue weighted by Crippen LogP contribution is 2.41. The van der Waals surface area contributed by atoms with Crippen LogP contribution in [0.2, 0.25) is 19.6 Å². The second kappa shape index (κ2) is 11.1. The lowest BCUT2D eigenvalue weighted by Gasteiger charge is -2.35. The summed E-state index contributed by atoms with van der Waals surface area (Å²) in [5.74, 6) is -1.73. The molecule has 0 aliphatic carbocycles. The molecule has 4 heterocycles. The van der Waals surface area contributed by atoms with E-state index in [1.807, 2.05) is 6.07 Å². The van der Waals surface area contributed by atoms with Gasteiger partial charge in [0.1, 0.15) is 24.5 Å². The first-order chi connectivity index (χ1) is 20.9. The number of nitrogens with one attached hydrogen (secondary N) is 1. The molecule has 2 aromatic heterocycles. The van der Waals surface area contributed by atoms with Gasteiger partial charge in [-0.1, -0.05) is 26.6 Å². The number of rotatable bonds is 6. The Kier molecular flexibility index (Phi) is 7.88. The average molecular weight is 636 g/mol. The smallest absolute Gasteiger partial charge is 0.408 e. The summed E-state index contributed by atoms with van der Waals surface area (Å²) in [6.07, 6.45) is -0.836. The minimum Gasteiger partial charge on any atom is -0.457 e. The van der Waals surface area contributed by atoms with Crippen LogP contribution in [0, 0.1) is 0 Å². The first kappa shape index (κ1) is 31.9. The van der Waals surface area contributed by atoms with E-state index >= 15 is 0 Å². The van der Waals surface area contributed by atoms with Crippen LogP contribution in [0.1, 0.15) is 57.7 Å². The zero-order valence-corrected chi connectivity index (χ0v) is 27.7. The van der Waals surface area contributed by atoms with Crippen LogP contribution in [0.15, 0.2) is 29.1 Å². The van der Waals surface area contributed by atoms with Gasteiger partial charge in [-0.2, -0.15) is 0 Å². The zero-order chi connectivity index (χ0) is 33.1. The van der Waals surface area contributed by atoms with Gasteiger partial charge in [0.25, 0.3) is 5.56 Å². The third-order valence-electron chi connectivity index (χ3n) is 7.70. The lowest BCUT2D eigenvalue weighted by Crippen LogP contribution is -2.49. The van der Waals surface area contributed by atoms with Crippen LogP contribution in [0.3, 0.4) is 0 Å². The Morgan fingerprint density at radius 1 is 1.11 bits per heavy atom. The van der Waals surface area contributed by atoms with Gasteiger partial charge in [-0.25, -0.2) is 14.6 Å². The zero-order valence-electron chi connectivity index (χ0n) is 26.7. The standard InChI is InChI=1S/C32H37N3O9Si/c1-9-32(43-25(37)14-33-30(40)44-31(3,4)5)22-13-24-26-20(15-35(24)28(38)21(22)16-41-29(32)39)27(45(6,7)8)19-12-18(42-17(2)36)10-11-23(19)34-26/h10-13H,9,14-16H2,1-8H3,(H,33,40). The van der Waals surface area contributed by atoms with Gasteiger partial charge in [-0.15, -0.1) is 0 Å². The molecule has 3 aromatic rings. The molecule has 0 radical (unpaired) electrons. The predicted octanol–water partition coefficient (Wildman–Crippen LogP) is 3.63. The molecule has 1 aromatic carbocycles. The van der Waals surface area contributed by atoms with Crippen molar-refractivity contribution < 1.29 is 38.1 Å². The van der Waals surface area contributed by atoms with E-state index < -0.39 is 49.8 Å². The van der Waals surface area contributed by atoms with E-state index in [-0.39, 0.29) is 36.3 Å². The van der Waals surface area contributed by atoms with Crippen LogP contribution in [-0.2, 0) is 47.3 Å². The van der Waals surface area contributed by atoms with E-state index in [4.69, 9.17) is 23.9 Å². The minimum absolute atomic E-state index is 0.0169. The molecule has 13 heteroatoms. The van der Waals surface area contributed by atoms with Crippen LogP contribution in [0.5, 0.6) is 5.75 Å². The van der Waals surface area contributed by atoms with Gasteiger partial charge >= 0.3 is 24.0 Å². The fraction of sp³-hybridized carbons (Fsp3) is 0.438. The number of amides is 1. The number of ether oxygens (including phenoxy) is 4. The maximum atomic E-state index is 14.0. The Balaban J connectivity index is 1.62. The van der Waals surface area contributed by atoms with E-state index in [1.54, 1.807) is 50.5 Å². The third kappa shape index (κ3) is 5.84. The molecule has 12 nitrogen and oxygen atoms in total. The number of cyclic esters (lactones) is 1. The van der Waals surface area contributed by atoms with Crippen LogP contribution >= 0.6 is 0 Å². The van der Waals surface area contributed by atoms with Gasteiger partial charge in [-0.3, -0.25) is 14.4 Å². The Bertz CT molecular complexity index is 1830. The number of hydrogen-bond donors (Lipinski definition) is 1. The lowest BCUT2D eigenvalue weighted by atomic mass is 9.85. The second-order valence-electron chi connectivity index (χ2n) is 13.2. The monoisotopic (exact) mass is 635 g/mol. The number of fused-ring (bicyclic) bond motifs is 5. The molecule has 1 atom stereocenters. The molecular weight excluding hydrogens is 598 g/mol. The summed E-state index contributed by atoms with van der Waals surface area (Å²) in [6.45, 7) is 14.0.